The van der Waals surface area contributed by atoms with Gasteiger partial charge >= 0.3 is 0 Å². The first-order valence-electron chi connectivity index (χ1n) is 10.5. The monoisotopic (exact) mass is 452 g/mol. The molecule has 1 amide bonds. The zero-order valence-electron chi connectivity index (χ0n) is 17.4. The number of nitrogens with zero attached hydrogens (tertiary/aromatic N) is 3. The van der Waals surface area contributed by atoms with Gasteiger partial charge in [0.1, 0.15) is 0 Å². The summed E-state index contributed by atoms with van der Waals surface area (Å²) in [5.41, 5.74) is 2.80. The maximum atomic E-state index is 13.1. The molecular formula is C22H24N6O3S. The first kappa shape index (κ1) is 20.7. The van der Waals surface area contributed by atoms with Gasteiger partial charge in [-0.2, -0.15) is 12.5 Å². The van der Waals surface area contributed by atoms with Crippen LogP contribution in [0.4, 0.5) is 11.5 Å². The molecular weight excluding hydrogens is 428 g/mol. The highest BCUT2D eigenvalue weighted by molar-refractivity contribution is 7.89. The van der Waals surface area contributed by atoms with Crippen molar-refractivity contribution >= 4 is 27.4 Å². The average Bonchev–Trinajstić information content (AvgIpc) is 3.44. The third-order valence-electron chi connectivity index (χ3n) is 5.76. The summed E-state index contributed by atoms with van der Waals surface area (Å²) < 4.78 is 27.2. The summed E-state index contributed by atoms with van der Waals surface area (Å²) in [5.74, 6) is -0.0611. The third-order valence-corrected chi connectivity index (χ3v) is 7.39. The molecule has 2 aliphatic heterocycles. The summed E-state index contributed by atoms with van der Waals surface area (Å²) in [4.78, 5) is 15.3. The van der Waals surface area contributed by atoms with Crippen LogP contribution in [0.1, 0.15) is 21.6 Å². The number of piperazine rings is 1. The predicted molar refractivity (Wildman–Crippen MR) is 121 cm³/mol. The molecule has 0 atom stereocenters. The quantitative estimate of drug-likeness (QED) is 0.537. The van der Waals surface area contributed by atoms with Gasteiger partial charge in [-0.25, -0.2) is 0 Å². The Morgan fingerprint density at radius 1 is 0.938 bits per heavy atom. The molecule has 2 aliphatic rings. The Morgan fingerprint density at radius 3 is 2.38 bits per heavy atom. The molecule has 5 rings (SSSR count). The fourth-order valence-corrected chi connectivity index (χ4v) is 5.40. The summed E-state index contributed by atoms with van der Waals surface area (Å²) >= 11 is 0. The van der Waals surface area contributed by atoms with Crippen LogP contribution >= 0.6 is 0 Å². The van der Waals surface area contributed by atoms with Crippen LogP contribution in [-0.2, 0) is 23.1 Å². The van der Waals surface area contributed by atoms with E-state index in [0.717, 1.165) is 36.0 Å². The summed E-state index contributed by atoms with van der Waals surface area (Å²) in [5, 5.41) is 13.5. The molecule has 0 saturated carbocycles. The molecule has 3 N–H and O–H groups in total. The van der Waals surface area contributed by atoms with Crippen LogP contribution in [-0.4, -0.2) is 49.7 Å². The molecule has 32 heavy (non-hydrogen) atoms. The van der Waals surface area contributed by atoms with Gasteiger partial charge < -0.3 is 20.9 Å². The molecule has 10 heteroatoms. The normalized spacial score (nSPS) is 16.1. The molecule has 0 spiro atoms. The van der Waals surface area contributed by atoms with E-state index in [9.17, 15) is 13.2 Å². The van der Waals surface area contributed by atoms with Crippen LogP contribution < -0.4 is 20.9 Å². The largest absolute Gasteiger partial charge is 0.369 e. The van der Waals surface area contributed by atoms with Gasteiger partial charge in [0, 0.05) is 56.1 Å². The topological polar surface area (TPSA) is 108 Å². The van der Waals surface area contributed by atoms with Crippen molar-refractivity contribution in [2.24, 2.45) is 0 Å². The number of hydrogen-bond acceptors (Lipinski definition) is 7. The molecule has 3 heterocycles. The maximum absolute atomic E-state index is 13.1. The number of aromatic nitrogens is 2. The van der Waals surface area contributed by atoms with Crippen molar-refractivity contribution in [2.75, 3.05) is 36.4 Å². The number of nitrogens with one attached hydrogen (secondary N) is 3. The third kappa shape index (κ3) is 3.77. The van der Waals surface area contributed by atoms with Crippen molar-refractivity contribution < 1.29 is 13.2 Å². The van der Waals surface area contributed by atoms with Gasteiger partial charge in [0.05, 0.1) is 10.6 Å². The second-order valence-corrected chi connectivity index (χ2v) is 9.54. The zero-order chi connectivity index (χ0) is 22.1. The van der Waals surface area contributed by atoms with Crippen molar-refractivity contribution in [3.8, 4) is 0 Å². The Balaban J connectivity index is 1.39. The number of carbonyl (C=O) groups excluding carboxylic acids is 1. The first-order chi connectivity index (χ1) is 15.5. The lowest BCUT2D eigenvalue weighted by molar-refractivity contribution is 0.102. The maximum Gasteiger partial charge on any atom is 0.283 e. The highest BCUT2D eigenvalue weighted by Crippen LogP contribution is 2.28. The SMILES string of the molecule is O=C(Nc1nn(S(=O)(=O)c2ccccc2)c2c1CNC2)c1ccc(N2CCNCC2)cc1. The molecule has 0 aliphatic carbocycles. The lowest BCUT2D eigenvalue weighted by Crippen LogP contribution is -2.43. The van der Waals surface area contributed by atoms with Gasteiger partial charge in [-0.3, -0.25) is 4.79 Å². The van der Waals surface area contributed by atoms with Crippen LogP contribution in [0.5, 0.6) is 0 Å². The Hall–Kier alpha value is -3.21. The molecule has 0 bridgehead atoms. The fraction of sp³-hybridized carbons (Fsp3) is 0.273. The van der Waals surface area contributed by atoms with Gasteiger partial charge in [0.2, 0.25) is 0 Å². The Morgan fingerprint density at radius 2 is 1.66 bits per heavy atom. The van der Waals surface area contributed by atoms with Gasteiger partial charge in [0.25, 0.3) is 15.9 Å². The highest BCUT2D eigenvalue weighted by Gasteiger charge is 2.30. The molecule has 1 saturated heterocycles. The van der Waals surface area contributed by atoms with Crippen molar-refractivity contribution in [1.82, 2.24) is 19.8 Å². The Kier molecular flexibility index (Phi) is 5.41. The fourth-order valence-electron chi connectivity index (χ4n) is 4.05. The van der Waals surface area contributed by atoms with Crippen LogP contribution in [0.2, 0.25) is 0 Å². The summed E-state index contributed by atoms with van der Waals surface area (Å²) in [6.45, 7) is 4.54. The minimum Gasteiger partial charge on any atom is -0.369 e. The van der Waals surface area contributed by atoms with E-state index in [1.54, 1.807) is 30.3 Å². The van der Waals surface area contributed by atoms with Crippen molar-refractivity contribution in [3.05, 3.63) is 71.4 Å². The number of benzene rings is 2. The lowest BCUT2D eigenvalue weighted by Gasteiger charge is -2.29. The smallest absolute Gasteiger partial charge is 0.283 e. The predicted octanol–water partition coefficient (Wildman–Crippen LogP) is 1.39. The number of hydrogen-bond donors (Lipinski definition) is 3. The van der Waals surface area contributed by atoms with E-state index < -0.39 is 10.0 Å². The highest BCUT2D eigenvalue weighted by atomic mass is 32.2. The number of rotatable bonds is 5. The van der Waals surface area contributed by atoms with Crippen molar-refractivity contribution in [1.29, 1.82) is 0 Å². The Labute approximate surface area is 186 Å². The van der Waals surface area contributed by atoms with Gasteiger partial charge in [-0.1, -0.05) is 18.2 Å². The van der Waals surface area contributed by atoms with Gasteiger partial charge in [-0.05, 0) is 36.4 Å². The van der Waals surface area contributed by atoms with Crippen molar-refractivity contribution in [2.45, 2.75) is 18.0 Å². The number of amides is 1. The van der Waals surface area contributed by atoms with Gasteiger partial charge in [0.15, 0.2) is 5.82 Å². The van der Waals surface area contributed by atoms with E-state index in [1.807, 2.05) is 12.1 Å². The van der Waals surface area contributed by atoms with Crippen LogP contribution in [0.15, 0.2) is 59.5 Å². The summed E-state index contributed by atoms with van der Waals surface area (Å²) in [7, 11) is -3.86. The molecule has 0 unspecified atom stereocenters. The molecule has 1 aromatic heterocycles. The van der Waals surface area contributed by atoms with E-state index in [0.29, 0.717) is 29.9 Å². The molecule has 0 radical (unpaired) electrons. The Bertz CT molecular complexity index is 1230. The molecule has 1 fully saturated rings. The number of fused-ring (bicyclic) bond motifs is 1. The summed E-state index contributed by atoms with van der Waals surface area (Å²) in [6, 6.07) is 15.6. The minimum atomic E-state index is -3.86. The zero-order valence-corrected chi connectivity index (χ0v) is 18.2. The van der Waals surface area contributed by atoms with E-state index in [4.69, 9.17) is 0 Å². The number of anilines is 2. The number of carbonyl (C=O) groups is 1. The van der Waals surface area contributed by atoms with Crippen molar-refractivity contribution in [3.63, 3.8) is 0 Å². The second-order valence-electron chi connectivity index (χ2n) is 7.78. The van der Waals surface area contributed by atoms with E-state index >= 15 is 0 Å². The van der Waals surface area contributed by atoms with E-state index in [1.165, 1.54) is 12.1 Å². The lowest BCUT2D eigenvalue weighted by atomic mass is 10.1. The molecule has 3 aromatic rings. The van der Waals surface area contributed by atoms with E-state index in [2.05, 4.69) is 25.9 Å². The second kappa shape index (κ2) is 8.38. The van der Waals surface area contributed by atoms with Gasteiger partial charge in [-0.15, -0.1) is 5.10 Å². The minimum absolute atomic E-state index is 0.151. The van der Waals surface area contributed by atoms with Crippen LogP contribution in [0.3, 0.4) is 0 Å². The van der Waals surface area contributed by atoms with Crippen LogP contribution in [0.25, 0.3) is 0 Å². The molecule has 166 valence electrons. The average molecular weight is 453 g/mol. The first-order valence-corrected chi connectivity index (χ1v) is 12.0. The standard InChI is InChI=1S/C22H24N6O3S/c29-22(16-6-8-17(9-7-16)27-12-10-23-11-13-27)25-21-19-14-24-15-20(19)28(26-21)32(30,31)18-4-2-1-3-5-18/h1-9,23-24H,10-15H2,(H,25,26,29). The van der Waals surface area contributed by atoms with Crippen LogP contribution in [0, 0.1) is 0 Å². The summed E-state index contributed by atoms with van der Waals surface area (Å²) in [6.07, 6.45) is 0. The van der Waals surface area contributed by atoms with E-state index in [-0.39, 0.29) is 16.6 Å². The molecule has 2 aromatic carbocycles. The molecule has 9 nitrogen and oxygen atoms in total.